The topological polar surface area (TPSA) is 56.2 Å². The Bertz CT molecular complexity index is 768. The number of hydrogen-bond acceptors (Lipinski definition) is 4. The summed E-state index contributed by atoms with van der Waals surface area (Å²) in [5.41, 5.74) is 2.18. The van der Waals surface area contributed by atoms with Crippen molar-refractivity contribution >= 4 is 6.29 Å². The standard InChI is InChI=1S/C16H13NO3/c1-10-6-7-14(19-10)16-17-15(11(2)20-16)13-5-3-4-12(8-13)9-18/h3-9H,1-2H3. The molecule has 0 amide bonds. The molecule has 0 spiro atoms. The normalized spacial score (nSPS) is 10.7. The molecule has 0 aliphatic carbocycles. The summed E-state index contributed by atoms with van der Waals surface area (Å²) in [5, 5.41) is 0. The maximum Gasteiger partial charge on any atom is 0.263 e. The second kappa shape index (κ2) is 4.81. The highest BCUT2D eigenvalue weighted by molar-refractivity contribution is 5.78. The van der Waals surface area contributed by atoms with Crippen LogP contribution in [0.3, 0.4) is 0 Å². The molecule has 2 aromatic heterocycles. The monoisotopic (exact) mass is 267 g/mol. The van der Waals surface area contributed by atoms with Gasteiger partial charge in [0.05, 0.1) is 0 Å². The first-order chi connectivity index (χ1) is 9.67. The lowest BCUT2D eigenvalue weighted by Gasteiger charge is -1.97. The van der Waals surface area contributed by atoms with Gasteiger partial charge in [0.1, 0.15) is 23.5 Å². The molecule has 0 fully saturated rings. The summed E-state index contributed by atoms with van der Waals surface area (Å²) in [6.45, 7) is 3.71. The number of benzene rings is 1. The van der Waals surface area contributed by atoms with Gasteiger partial charge >= 0.3 is 0 Å². The highest BCUT2D eigenvalue weighted by Crippen LogP contribution is 2.29. The van der Waals surface area contributed by atoms with E-state index in [9.17, 15) is 4.79 Å². The second-order valence-electron chi connectivity index (χ2n) is 4.58. The molecule has 0 unspecified atom stereocenters. The van der Waals surface area contributed by atoms with Crippen molar-refractivity contribution in [1.82, 2.24) is 4.98 Å². The van der Waals surface area contributed by atoms with Gasteiger partial charge in [0.15, 0.2) is 5.76 Å². The summed E-state index contributed by atoms with van der Waals surface area (Å²) in [7, 11) is 0. The molecule has 3 rings (SSSR count). The van der Waals surface area contributed by atoms with Crippen LogP contribution in [0.4, 0.5) is 0 Å². The highest BCUT2D eigenvalue weighted by Gasteiger charge is 2.15. The van der Waals surface area contributed by atoms with E-state index in [0.29, 0.717) is 23.0 Å². The van der Waals surface area contributed by atoms with Crippen LogP contribution in [-0.2, 0) is 0 Å². The molecule has 2 heterocycles. The lowest BCUT2D eigenvalue weighted by molar-refractivity contribution is 0.112. The lowest BCUT2D eigenvalue weighted by atomic mass is 10.1. The molecule has 0 aliphatic rings. The van der Waals surface area contributed by atoms with Crippen LogP contribution in [0.1, 0.15) is 21.9 Å². The van der Waals surface area contributed by atoms with Gasteiger partial charge in [-0.05, 0) is 32.0 Å². The number of furan rings is 1. The van der Waals surface area contributed by atoms with Gasteiger partial charge in [-0.1, -0.05) is 18.2 Å². The van der Waals surface area contributed by atoms with Gasteiger partial charge in [-0.2, -0.15) is 0 Å². The summed E-state index contributed by atoms with van der Waals surface area (Å²) in [5.74, 6) is 2.54. The van der Waals surface area contributed by atoms with Gasteiger partial charge in [-0.15, -0.1) is 0 Å². The van der Waals surface area contributed by atoms with Crippen molar-refractivity contribution in [3.63, 3.8) is 0 Å². The Balaban J connectivity index is 2.06. The van der Waals surface area contributed by atoms with E-state index in [2.05, 4.69) is 4.98 Å². The van der Waals surface area contributed by atoms with Crippen LogP contribution < -0.4 is 0 Å². The Morgan fingerprint density at radius 3 is 2.65 bits per heavy atom. The van der Waals surface area contributed by atoms with E-state index >= 15 is 0 Å². The molecule has 0 aliphatic heterocycles. The number of nitrogens with zero attached hydrogens (tertiary/aromatic N) is 1. The zero-order chi connectivity index (χ0) is 14.1. The number of hydrogen-bond donors (Lipinski definition) is 0. The predicted molar refractivity (Wildman–Crippen MR) is 74.5 cm³/mol. The van der Waals surface area contributed by atoms with Gasteiger partial charge in [0, 0.05) is 11.1 Å². The third kappa shape index (κ3) is 2.16. The lowest BCUT2D eigenvalue weighted by Crippen LogP contribution is -1.84. The first kappa shape index (κ1) is 12.4. The van der Waals surface area contributed by atoms with Crippen LogP contribution in [-0.4, -0.2) is 11.3 Å². The molecule has 0 N–H and O–H groups in total. The van der Waals surface area contributed by atoms with E-state index in [1.54, 1.807) is 12.1 Å². The zero-order valence-electron chi connectivity index (χ0n) is 11.2. The van der Waals surface area contributed by atoms with Crippen molar-refractivity contribution < 1.29 is 13.6 Å². The molecule has 20 heavy (non-hydrogen) atoms. The Morgan fingerprint density at radius 1 is 1.10 bits per heavy atom. The largest absolute Gasteiger partial charge is 0.456 e. The Hall–Kier alpha value is -2.62. The summed E-state index contributed by atoms with van der Waals surface area (Å²) < 4.78 is 11.2. The molecular formula is C16H13NO3. The summed E-state index contributed by atoms with van der Waals surface area (Å²) >= 11 is 0. The second-order valence-corrected chi connectivity index (χ2v) is 4.58. The van der Waals surface area contributed by atoms with Crippen molar-refractivity contribution in [2.24, 2.45) is 0 Å². The third-order valence-electron chi connectivity index (χ3n) is 3.04. The molecule has 0 saturated carbocycles. The van der Waals surface area contributed by atoms with E-state index in [4.69, 9.17) is 8.83 Å². The van der Waals surface area contributed by atoms with Crippen LogP contribution >= 0.6 is 0 Å². The Morgan fingerprint density at radius 2 is 1.95 bits per heavy atom. The van der Waals surface area contributed by atoms with Gasteiger partial charge in [-0.25, -0.2) is 4.98 Å². The average Bonchev–Trinajstić information content (AvgIpc) is 3.05. The van der Waals surface area contributed by atoms with E-state index in [-0.39, 0.29) is 0 Å². The Labute approximate surface area is 116 Å². The zero-order valence-corrected chi connectivity index (χ0v) is 11.2. The van der Waals surface area contributed by atoms with Gasteiger partial charge in [0.25, 0.3) is 5.89 Å². The average molecular weight is 267 g/mol. The minimum atomic E-state index is 0.446. The number of aldehydes is 1. The summed E-state index contributed by atoms with van der Waals surface area (Å²) in [6, 6.07) is 10.9. The highest BCUT2D eigenvalue weighted by atomic mass is 16.4. The molecule has 100 valence electrons. The minimum Gasteiger partial charge on any atom is -0.456 e. The van der Waals surface area contributed by atoms with Crippen LogP contribution in [0.15, 0.2) is 45.2 Å². The van der Waals surface area contributed by atoms with Gasteiger partial charge in [-0.3, -0.25) is 4.79 Å². The first-order valence-electron chi connectivity index (χ1n) is 6.27. The van der Waals surface area contributed by atoms with Crippen LogP contribution in [0, 0.1) is 13.8 Å². The van der Waals surface area contributed by atoms with E-state index in [1.807, 2.05) is 38.1 Å². The number of rotatable bonds is 3. The van der Waals surface area contributed by atoms with E-state index in [1.165, 1.54) is 0 Å². The minimum absolute atomic E-state index is 0.446. The van der Waals surface area contributed by atoms with Gasteiger partial charge < -0.3 is 8.83 Å². The number of carbonyl (C=O) groups is 1. The molecule has 0 atom stereocenters. The fraction of sp³-hybridized carbons (Fsp3) is 0.125. The Kier molecular flexibility index (Phi) is 2.99. The number of aryl methyl sites for hydroxylation is 2. The van der Waals surface area contributed by atoms with E-state index in [0.717, 1.165) is 23.3 Å². The van der Waals surface area contributed by atoms with Crippen molar-refractivity contribution in [2.45, 2.75) is 13.8 Å². The number of carbonyl (C=O) groups excluding carboxylic acids is 1. The quantitative estimate of drug-likeness (QED) is 0.672. The molecule has 0 bridgehead atoms. The molecular weight excluding hydrogens is 254 g/mol. The van der Waals surface area contributed by atoms with Crippen molar-refractivity contribution in [3.8, 4) is 22.9 Å². The molecule has 0 radical (unpaired) electrons. The maximum atomic E-state index is 10.8. The number of oxazole rings is 1. The van der Waals surface area contributed by atoms with Crippen LogP contribution in [0.5, 0.6) is 0 Å². The van der Waals surface area contributed by atoms with Crippen LogP contribution in [0.2, 0.25) is 0 Å². The van der Waals surface area contributed by atoms with E-state index < -0.39 is 0 Å². The summed E-state index contributed by atoms with van der Waals surface area (Å²) in [4.78, 5) is 15.3. The summed E-state index contributed by atoms with van der Waals surface area (Å²) in [6.07, 6.45) is 0.815. The maximum absolute atomic E-state index is 10.8. The molecule has 4 heteroatoms. The van der Waals surface area contributed by atoms with Gasteiger partial charge in [0.2, 0.25) is 0 Å². The fourth-order valence-electron chi connectivity index (χ4n) is 2.08. The first-order valence-corrected chi connectivity index (χ1v) is 6.27. The third-order valence-corrected chi connectivity index (χ3v) is 3.04. The molecule has 4 nitrogen and oxygen atoms in total. The molecule has 1 aromatic carbocycles. The molecule has 0 saturated heterocycles. The fourth-order valence-corrected chi connectivity index (χ4v) is 2.08. The predicted octanol–water partition coefficient (Wildman–Crippen LogP) is 4.03. The van der Waals surface area contributed by atoms with Crippen molar-refractivity contribution in [1.29, 1.82) is 0 Å². The smallest absolute Gasteiger partial charge is 0.263 e. The SMILES string of the molecule is Cc1ccc(-c2nc(-c3cccc(C=O)c3)c(C)o2)o1. The van der Waals surface area contributed by atoms with Crippen molar-refractivity contribution in [3.05, 3.63) is 53.5 Å². The van der Waals surface area contributed by atoms with Crippen LogP contribution in [0.25, 0.3) is 22.9 Å². The van der Waals surface area contributed by atoms with Crippen molar-refractivity contribution in [2.75, 3.05) is 0 Å². The molecule has 3 aromatic rings. The number of aromatic nitrogens is 1.